The van der Waals surface area contributed by atoms with E-state index in [1.54, 1.807) is 7.05 Å². The van der Waals surface area contributed by atoms with Crippen LogP contribution in [0.1, 0.15) is 35.7 Å². The zero-order valence-electron chi connectivity index (χ0n) is 11.4. The number of halogens is 3. The van der Waals surface area contributed by atoms with Crippen LogP contribution in [0.4, 0.5) is 18.9 Å². The molecule has 4 nitrogen and oxygen atoms in total. The van der Waals surface area contributed by atoms with Gasteiger partial charge in [-0.15, -0.1) is 0 Å². The number of alkyl halides is 3. The molecule has 3 N–H and O–H groups in total. The quantitative estimate of drug-likeness (QED) is 0.647. The number of rotatable bonds is 5. The first-order valence-corrected chi connectivity index (χ1v) is 6.24. The van der Waals surface area contributed by atoms with Crippen molar-refractivity contribution in [3.63, 3.8) is 0 Å². The van der Waals surface area contributed by atoms with Crippen LogP contribution in [0.15, 0.2) is 18.2 Å². The predicted molar refractivity (Wildman–Crippen MR) is 71.1 cm³/mol. The number of hydrogen-bond donors (Lipinski definition) is 2. The van der Waals surface area contributed by atoms with Gasteiger partial charge in [-0.2, -0.15) is 13.2 Å². The summed E-state index contributed by atoms with van der Waals surface area (Å²) in [6.07, 6.45) is -2.82. The Morgan fingerprint density at radius 2 is 2.05 bits per heavy atom. The average molecular weight is 289 g/mol. The fraction of sp³-hybridized carbons (Fsp3) is 0.462. The van der Waals surface area contributed by atoms with Crippen molar-refractivity contribution < 1.29 is 18.0 Å². The van der Waals surface area contributed by atoms with Gasteiger partial charge in [0, 0.05) is 13.6 Å². The smallest absolute Gasteiger partial charge is 0.342 e. The van der Waals surface area contributed by atoms with Gasteiger partial charge in [-0.05, 0) is 24.6 Å². The van der Waals surface area contributed by atoms with Gasteiger partial charge >= 0.3 is 6.18 Å². The highest BCUT2D eigenvalue weighted by molar-refractivity contribution is 5.99. The normalized spacial score (nSPS) is 11.3. The van der Waals surface area contributed by atoms with Gasteiger partial charge in [0.2, 0.25) is 0 Å². The molecule has 0 atom stereocenters. The molecule has 0 aliphatic rings. The number of carbonyl (C=O) groups is 1. The maximum atomic E-state index is 12.7. The summed E-state index contributed by atoms with van der Waals surface area (Å²) in [5, 5.41) is 0. The maximum absolute atomic E-state index is 12.7. The number of nitrogen functional groups attached to an aromatic ring is 1. The van der Waals surface area contributed by atoms with Crippen molar-refractivity contribution in [1.82, 2.24) is 4.90 Å². The van der Waals surface area contributed by atoms with E-state index >= 15 is 0 Å². The lowest BCUT2D eigenvalue weighted by molar-refractivity contribution is -0.137. The van der Waals surface area contributed by atoms with E-state index in [0.29, 0.717) is 6.54 Å². The molecule has 20 heavy (non-hydrogen) atoms. The molecule has 0 radical (unpaired) electrons. The van der Waals surface area contributed by atoms with Gasteiger partial charge < -0.3 is 10.3 Å². The lowest BCUT2D eigenvalue weighted by Crippen LogP contribution is -2.29. The molecule has 0 aliphatic heterocycles. The van der Waals surface area contributed by atoms with Gasteiger partial charge in [0.1, 0.15) is 0 Å². The van der Waals surface area contributed by atoms with E-state index in [4.69, 9.17) is 5.84 Å². The monoisotopic (exact) mass is 289 g/mol. The number of nitrogens with one attached hydrogen (secondary N) is 1. The zero-order chi connectivity index (χ0) is 15.3. The lowest BCUT2D eigenvalue weighted by atomic mass is 10.1. The number of carbonyl (C=O) groups excluding carboxylic acids is 1. The van der Waals surface area contributed by atoms with Gasteiger partial charge in [0.25, 0.3) is 5.91 Å². The van der Waals surface area contributed by atoms with Crippen molar-refractivity contribution in [2.24, 2.45) is 5.84 Å². The summed E-state index contributed by atoms with van der Waals surface area (Å²) in [6, 6.07) is 2.86. The number of amides is 1. The molecule has 0 fully saturated rings. The molecule has 0 aliphatic carbocycles. The zero-order valence-corrected chi connectivity index (χ0v) is 11.4. The van der Waals surface area contributed by atoms with Crippen molar-refractivity contribution in [3.8, 4) is 0 Å². The number of hydrazine groups is 1. The van der Waals surface area contributed by atoms with Crippen molar-refractivity contribution in [2.75, 3.05) is 19.0 Å². The summed E-state index contributed by atoms with van der Waals surface area (Å²) in [5.41, 5.74) is 1.47. The Hall–Kier alpha value is -1.76. The van der Waals surface area contributed by atoms with E-state index < -0.39 is 17.6 Å². The average Bonchev–Trinajstić information content (AvgIpc) is 2.42. The number of anilines is 1. The Labute approximate surface area is 115 Å². The van der Waals surface area contributed by atoms with Crippen LogP contribution in [0.5, 0.6) is 0 Å². The van der Waals surface area contributed by atoms with Crippen LogP contribution < -0.4 is 11.3 Å². The molecule has 1 amide bonds. The van der Waals surface area contributed by atoms with Gasteiger partial charge in [0.15, 0.2) is 0 Å². The Bertz CT molecular complexity index is 474. The summed E-state index contributed by atoms with van der Waals surface area (Å²) in [4.78, 5) is 13.6. The van der Waals surface area contributed by atoms with Crippen molar-refractivity contribution in [1.29, 1.82) is 0 Å². The summed E-state index contributed by atoms with van der Waals surface area (Å²) >= 11 is 0. The van der Waals surface area contributed by atoms with E-state index in [1.807, 2.05) is 6.92 Å². The minimum Gasteiger partial charge on any atom is -0.342 e. The predicted octanol–water partition coefficient (Wildman–Crippen LogP) is 2.86. The minimum absolute atomic E-state index is 0.0825. The molecule has 0 heterocycles. The molecule has 7 heteroatoms. The molecular weight excluding hydrogens is 271 g/mol. The molecule has 0 unspecified atom stereocenters. The Morgan fingerprint density at radius 1 is 1.40 bits per heavy atom. The van der Waals surface area contributed by atoms with Crippen LogP contribution in [0.3, 0.4) is 0 Å². The van der Waals surface area contributed by atoms with Crippen molar-refractivity contribution in [2.45, 2.75) is 25.9 Å². The number of nitrogens with two attached hydrogens (primary N) is 1. The standard InChI is InChI=1S/C13H18F3N3O/c1-3-4-7-19(2)12(20)10-8-9(13(14,15)16)5-6-11(10)18-17/h5-6,8,18H,3-4,7,17H2,1-2H3. The van der Waals surface area contributed by atoms with Crippen LogP contribution in [0.2, 0.25) is 0 Å². The van der Waals surface area contributed by atoms with Gasteiger partial charge in [-0.3, -0.25) is 10.6 Å². The van der Waals surface area contributed by atoms with E-state index in [1.165, 1.54) is 4.90 Å². The number of nitrogens with zero attached hydrogens (tertiary/aromatic N) is 1. The third kappa shape index (κ3) is 3.86. The lowest BCUT2D eigenvalue weighted by Gasteiger charge is -2.19. The molecule has 0 bridgehead atoms. The third-order valence-corrected chi connectivity index (χ3v) is 2.93. The van der Waals surface area contributed by atoms with Crippen molar-refractivity contribution in [3.05, 3.63) is 29.3 Å². The Morgan fingerprint density at radius 3 is 2.55 bits per heavy atom. The van der Waals surface area contributed by atoms with Crippen LogP contribution in [0.25, 0.3) is 0 Å². The summed E-state index contributed by atoms with van der Waals surface area (Å²) in [5.74, 6) is 4.76. The third-order valence-electron chi connectivity index (χ3n) is 2.93. The van der Waals surface area contributed by atoms with Crippen molar-refractivity contribution >= 4 is 11.6 Å². The molecule has 1 aromatic rings. The van der Waals surface area contributed by atoms with Gasteiger partial charge in [-0.1, -0.05) is 13.3 Å². The second kappa shape index (κ2) is 6.60. The largest absolute Gasteiger partial charge is 0.416 e. The summed E-state index contributed by atoms with van der Waals surface area (Å²) < 4.78 is 38.1. The highest BCUT2D eigenvalue weighted by Crippen LogP contribution is 2.32. The Kier molecular flexibility index (Phi) is 5.38. The van der Waals surface area contributed by atoms with Crippen LogP contribution >= 0.6 is 0 Å². The molecule has 112 valence electrons. The number of benzene rings is 1. The van der Waals surface area contributed by atoms with Gasteiger partial charge in [-0.25, -0.2) is 0 Å². The molecule has 1 aromatic carbocycles. The maximum Gasteiger partial charge on any atom is 0.416 e. The molecule has 0 saturated heterocycles. The highest BCUT2D eigenvalue weighted by Gasteiger charge is 2.32. The molecule has 0 aromatic heterocycles. The second-order valence-electron chi connectivity index (χ2n) is 4.48. The first-order valence-electron chi connectivity index (χ1n) is 6.24. The van der Waals surface area contributed by atoms with Gasteiger partial charge in [0.05, 0.1) is 16.8 Å². The minimum atomic E-state index is -4.50. The van der Waals surface area contributed by atoms with E-state index in [2.05, 4.69) is 5.43 Å². The van der Waals surface area contributed by atoms with E-state index in [9.17, 15) is 18.0 Å². The molecule has 0 spiro atoms. The highest BCUT2D eigenvalue weighted by atomic mass is 19.4. The van der Waals surface area contributed by atoms with E-state index in [0.717, 1.165) is 31.0 Å². The SMILES string of the molecule is CCCCN(C)C(=O)c1cc(C(F)(F)F)ccc1NN. The molecular formula is C13H18F3N3O. The first kappa shape index (κ1) is 16.3. The summed E-state index contributed by atoms with van der Waals surface area (Å²) in [6.45, 7) is 2.45. The topological polar surface area (TPSA) is 58.4 Å². The number of unbranched alkanes of at least 4 members (excludes halogenated alkanes) is 1. The fourth-order valence-electron chi connectivity index (χ4n) is 1.73. The summed E-state index contributed by atoms with van der Waals surface area (Å²) in [7, 11) is 1.55. The first-order chi connectivity index (χ1) is 9.31. The van der Waals surface area contributed by atoms with Crippen LogP contribution in [0, 0.1) is 0 Å². The number of hydrogen-bond acceptors (Lipinski definition) is 3. The van der Waals surface area contributed by atoms with E-state index in [-0.39, 0.29) is 11.3 Å². The fourth-order valence-corrected chi connectivity index (χ4v) is 1.73. The van der Waals surface area contributed by atoms with Crippen LogP contribution in [-0.2, 0) is 6.18 Å². The molecule has 1 rings (SSSR count). The van der Waals surface area contributed by atoms with Crippen LogP contribution in [-0.4, -0.2) is 24.4 Å². The molecule has 0 saturated carbocycles. The second-order valence-corrected chi connectivity index (χ2v) is 4.48. The Balaban J connectivity index is 3.10.